The Labute approximate surface area is 177 Å². The van der Waals surface area contributed by atoms with E-state index in [1.807, 2.05) is 0 Å². The van der Waals surface area contributed by atoms with Crippen LogP contribution in [-0.2, 0) is 20.4 Å². The minimum Gasteiger partial charge on any atom is -0.499 e. The number of hydrogen-bond donors (Lipinski definition) is 6. The highest BCUT2D eigenvalue weighted by molar-refractivity contribution is 9.10. The molecule has 166 valence electrons. The Bertz CT molecular complexity index is 1100. The van der Waals surface area contributed by atoms with E-state index in [2.05, 4.69) is 30.9 Å². The molecular weight excluding hydrogens is 510 g/mol. The molecule has 0 radical (unpaired) electrons. The lowest BCUT2D eigenvalue weighted by molar-refractivity contribution is 0.205. The van der Waals surface area contributed by atoms with Crippen molar-refractivity contribution in [3.05, 3.63) is 39.2 Å². The molecule has 2 heterocycles. The van der Waals surface area contributed by atoms with Crippen molar-refractivity contribution in [3.8, 4) is 0 Å². The molecule has 0 fully saturated rings. The largest absolute Gasteiger partial charge is 0.499 e. The number of imidazole rings is 1. The molecule has 2 aromatic heterocycles. The molecule has 0 saturated carbocycles. The third-order valence-corrected chi connectivity index (χ3v) is 5.14. The number of nitrogens with two attached hydrogens (primary N) is 1. The van der Waals surface area contributed by atoms with Crippen LogP contribution in [0.25, 0.3) is 11.2 Å². The van der Waals surface area contributed by atoms with Gasteiger partial charge in [-0.25, -0.2) is 4.98 Å². The molecule has 0 aromatic carbocycles. The van der Waals surface area contributed by atoms with Gasteiger partial charge in [-0.1, -0.05) is 0 Å². The van der Waals surface area contributed by atoms with Crippen molar-refractivity contribution in [3.63, 3.8) is 0 Å². The van der Waals surface area contributed by atoms with Crippen LogP contribution in [0.1, 0.15) is 0 Å². The smallest absolute Gasteiger partial charge is 0.352 e. The Kier molecular flexibility index (Phi) is 7.99. The zero-order valence-electron chi connectivity index (χ0n) is 15.2. The number of nitrogens with zero attached hydrogens (tertiary/aromatic N) is 4. The summed E-state index contributed by atoms with van der Waals surface area (Å²) in [5.41, 5.74) is 5.35. The quantitative estimate of drug-likeness (QED) is 0.104. The summed E-state index contributed by atoms with van der Waals surface area (Å²) in [7, 11) is -8.76. The SMILES string of the molecule is Nc1nc2c(nc(Br)n2CCN(/C=C/P(=O)(O)O)CCO/C=C/P(=O)(O)O)c(=O)[nH]1. The van der Waals surface area contributed by atoms with Gasteiger partial charge in [-0.2, -0.15) is 4.98 Å². The molecule has 0 amide bonds. The summed E-state index contributed by atoms with van der Waals surface area (Å²) >= 11 is 3.23. The van der Waals surface area contributed by atoms with Gasteiger partial charge in [-0.3, -0.25) is 18.9 Å². The van der Waals surface area contributed by atoms with E-state index in [4.69, 9.17) is 30.0 Å². The van der Waals surface area contributed by atoms with Crippen molar-refractivity contribution in [1.82, 2.24) is 24.4 Å². The standard InChI is InChI=1S/C13H19BrN6O8P2/c14-12-16-9-10(17-13(15)18-11(9)21)20(12)2-1-19(4-7-29(22,23)24)3-5-28-6-8-30(25,26)27/h4,6-8H,1-3,5H2,(H2,22,23,24)(H2,25,26,27)(H3,15,17,18,21)/b7-4+,8-6+. The molecule has 0 aliphatic rings. The maximum Gasteiger partial charge on any atom is 0.352 e. The van der Waals surface area contributed by atoms with Gasteiger partial charge in [0.1, 0.15) is 6.61 Å². The van der Waals surface area contributed by atoms with Crippen LogP contribution in [-0.4, -0.2) is 63.7 Å². The molecule has 0 aliphatic heterocycles. The van der Waals surface area contributed by atoms with Crippen molar-refractivity contribution in [2.75, 3.05) is 25.4 Å². The predicted molar refractivity (Wildman–Crippen MR) is 110 cm³/mol. The maximum atomic E-state index is 11.9. The minimum absolute atomic E-state index is 0.0291. The van der Waals surface area contributed by atoms with Crippen LogP contribution < -0.4 is 11.3 Å². The van der Waals surface area contributed by atoms with Gasteiger partial charge < -0.3 is 39.5 Å². The summed E-state index contributed by atoms with van der Waals surface area (Å²) in [5, 5.41) is 0. The lowest BCUT2D eigenvalue weighted by Gasteiger charge is -2.20. The molecule has 0 unspecified atom stereocenters. The Hall–Kier alpha value is -1.99. The fraction of sp³-hybridized carbons (Fsp3) is 0.308. The van der Waals surface area contributed by atoms with Gasteiger partial charge in [0.05, 0.1) is 18.6 Å². The van der Waals surface area contributed by atoms with Gasteiger partial charge in [0, 0.05) is 25.1 Å². The second-order valence-electron chi connectivity index (χ2n) is 5.82. The third kappa shape index (κ3) is 7.69. The van der Waals surface area contributed by atoms with Gasteiger partial charge in [0.15, 0.2) is 15.9 Å². The number of aromatic amines is 1. The van der Waals surface area contributed by atoms with Crippen LogP contribution in [0, 0.1) is 0 Å². The topological polar surface area (TPSA) is 217 Å². The molecule has 2 rings (SSSR count). The van der Waals surface area contributed by atoms with Gasteiger partial charge in [0.25, 0.3) is 5.56 Å². The van der Waals surface area contributed by atoms with Crippen LogP contribution in [0.2, 0.25) is 0 Å². The first-order valence-electron chi connectivity index (χ1n) is 8.10. The van der Waals surface area contributed by atoms with Crippen LogP contribution in [0.3, 0.4) is 0 Å². The molecule has 14 nitrogen and oxygen atoms in total. The molecular formula is C13H19BrN6O8P2. The Morgan fingerprint density at radius 2 is 1.83 bits per heavy atom. The number of halogens is 1. The van der Waals surface area contributed by atoms with E-state index in [9.17, 15) is 13.9 Å². The molecule has 0 bridgehead atoms. The second kappa shape index (κ2) is 9.88. The maximum absolute atomic E-state index is 11.9. The van der Waals surface area contributed by atoms with E-state index in [-0.39, 0.29) is 43.4 Å². The molecule has 17 heteroatoms. The van der Waals surface area contributed by atoms with Crippen molar-refractivity contribution in [2.45, 2.75) is 6.54 Å². The van der Waals surface area contributed by atoms with E-state index in [1.165, 1.54) is 11.1 Å². The lowest BCUT2D eigenvalue weighted by atomic mass is 10.4. The van der Waals surface area contributed by atoms with E-state index in [1.54, 1.807) is 4.57 Å². The van der Waals surface area contributed by atoms with Crippen molar-refractivity contribution >= 4 is 48.2 Å². The second-order valence-corrected chi connectivity index (χ2v) is 9.49. The van der Waals surface area contributed by atoms with Gasteiger partial charge in [-0.15, -0.1) is 0 Å². The van der Waals surface area contributed by atoms with Gasteiger partial charge in [-0.05, 0) is 15.9 Å². The molecule has 7 N–H and O–H groups in total. The molecule has 0 aliphatic carbocycles. The first-order chi connectivity index (χ1) is 13.9. The number of aromatic nitrogens is 4. The number of hydrogen-bond acceptors (Lipinski definition) is 8. The summed E-state index contributed by atoms with van der Waals surface area (Å²) in [4.78, 5) is 59.4. The van der Waals surface area contributed by atoms with Crippen molar-refractivity contribution in [1.29, 1.82) is 0 Å². The highest BCUT2D eigenvalue weighted by Crippen LogP contribution is 2.36. The number of ether oxygens (including phenoxy) is 1. The molecule has 0 spiro atoms. The summed E-state index contributed by atoms with van der Waals surface area (Å²) < 4.78 is 28.7. The van der Waals surface area contributed by atoms with E-state index < -0.39 is 20.8 Å². The fourth-order valence-corrected chi connectivity index (χ4v) is 3.36. The minimum atomic E-state index is -4.41. The van der Waals surface area contributed by atoms with Crippen molar-refractivity contribution in [2.24, 2.45) is 0 Å². The van der Waals surface area contributed by atoms with Crippen LogP contribution in [0.15, 0.2) is 33.6 Å². The third-order valence-electron chi connectivity index (χ3n) is 3.51. The Morgan fingerprint density at radius 3 is 2.47 bits per heavy atom. The number of anilines is 1. The highest BCUT2D eigenvalue weighted by atomic mass is 79.9. The van der Waals surface area contributed by atoms with E-state index >= 15 is 0 Å². The van der Waals surface area contributed by atoms with Crippen LogP contribution in [0.5, 0.6) is 0 Å². The number of H-pyrrole nitrogens is 1. The fourth-order valence-electron chi connectivity index (χ4n) is 2.23. The number of fused-ring (bicyclic) bond motifs is 1. The average molecular weight is 529 g/mol. The van der Waals surface area contributed by atoms with E-state index in [0.29, 0.717) is 16.4 Å². The number of nitrogens with one attached hydrogen (secondary N) is 1. The summed E-state index contributed by atoms with van der Waals surface area (Å²) in [6, 6.07) is 0. The van der Waals surface area contributed by atoms with Crippen molar-refractivity contribution < 1.29 is 33.4 Å². The Morgan fingerprint density at radius 1 is 1.17 bits per heavy atom. The Balaban J connectivity index is 2.13. The first-order valence-corrected chi connectivity index (χ1v) is 12.3. The van der Waals surface area contributed by atoms with E-state index in [0.717, 1.165) is 6.26 Å². The number of rotatable bonds is 10. The highest BCUT2D eigenvalue weighted by Gasteiger charge is 2.15. The monoisotopic (exact) mass is 528 g/mol. The van der Waals surface area contributed by atoms with Crippen LogP contribution in [0.4, 0.5) is 5.95 Å². The van der Waals surface area contributed by atoms with Gasteiger partial charge in [0.2, 0.25) is 5.95 Å². The molecule has 0 atom stereocenters. The molecule has 30 heavy (non-hydrogen) atoms. The van der Waals surface area contributed by atoms with Gasteiger partial charge >= 0.3 is 15.2 Å². The number of nitrogen functional groups attached to an aromatic ring is 1. The van der Waals surface area contributed by atoms with Crippen LogP contribution >= 0.6 is 31.1 Å². The predicted octanol–water partition coefficient (Wildman–Crippen LogP) is 0.0807. The average Bonchev–Trinajstić information content (AvgIpc) is 2.90. The lowest BCUT2D eigenvalue weighted by Crippen LogP contribution is -2.26. The summed E-state index contributed by atoms with van der Waals surface area (Å²) in [6.07, 6.45) is 2.03. The summed E-state index contributed by atoms with van der Waals surface area (Å²) in [6.45, 7) is 0.498. The zero-order chi connectivity index (χ0) is 22.5. The normalized spacial score (nSPS) is 13.0. The zero-order valence-corrected chi connectivity index (χ0v) is 18.6. The molecule has 0 saturated heterocycles. The molecule has 2 aromatic rings. The first kappa shape index (κ1) is 24.3. The summed E-state index contributed by atoms with van der Waals surface area (Å²) in [5.74, 6) is 1.20.